The van der Waals surface area contributed by atoms with Gasteiger partial charge < -0.3 is 4.74 Å². The summed E-state index contributed by atoms with van der Waals surface area (Å²) in [6.45, 7) is 0. The van der Waals surface area contributed by atoms with Crippen LogP contribution < -0.4 is 4.74 Å². The van der Waals surface area contributed by atoms with Gasteiger partial charge in [0.05, 0.1) is 7.11 Å². The summed E-state index contributed by atoms with van der Waals surface area (Å²) in [4.78, 5) is 11.8. The van der Waals surface area contributed by atoms with Crippen molar-refractivity contribution in [1.29, 1.82) is 0 Å². The van der Waals surface area contributed by atoms with Crippen LogP contribution in [0.15, 0.2) is 47.2 Å². The number of carbonyl (C=O) groups is 1. The molecule has 0 spiro atoms. The van der Waals surface area contributed by atoms with E-state index in [9.17, 15) is 4.79 Å². The molecule has 0 atom stereocenters. The van der Waals surface area contributed by atoms with Crippen molar-refractivity contribution in [1.82, 2.24) is 0 Å². The molecular weight excluding hydrogens is 232 g/mol. The molecule has 1 heterocycles. The summed E-state index contributed by atoms with van der Waals surface area (Å²) in [5.74, 6) is 0.752. The lowest BCUT2D eigenvalue weighted by Gasteiger charge is -1.99. The zero-order chi connectivity index (χ0) is 12.1. The fraction of sp³-hybridized carbons (Fsp3) is 0.0714. The second-order valence-corrected chi connectivity index (χ2v) is 4.26. The molecule has 0 N–H and O–H groups in total. The van der Waals surface area contributed by atoms with Gasteiger partial charge in [-0.05, 0) is 52.7 Å². The summed E-state index contributed by atoms with van der Waals surface area (Å²) in [6.07, 6.45) is 3.41. The first-order valence-corrected chi connectivity index (χ1v) is 6.12. The van der Waals surface area contributed by atoms with Gasteiger partial charge >= 0.3 is 0 Å². The molecule has 1 aromatic heterocycles. The second-order valence-electron chi connectivity index (χ2n) is 3.48. The van der Waals surface area contributed by atoms with Crippen LogP contribution in [0, 0.1) is 0 Å². The second kappa shape index (κ2) is 5.46. The van der Waals surface area contributed by atoms with Crippen LogP contribution in [0.25, 0.3) is 6.08 Å². The molecule has 0 bridgehead atoms. The topological polar surface area (TPSA) is 26.3 Å². The summed E-state index contributed by atoms with van der Waals surface area (Å²) < 4.78 is 5.04. The van der Waals surface area contributed by atoms with Gasteiger partial charge in [-0.2, -0.15) is 11.3 Å². The van der Waals surface area contributed by atoms with E-state index in [-0.39, 0.29) is 5.78 Å². The molecule has 0 fully saturated rings. The Morgan fingerprint density at radius 1 is 1.24 bits per heavy atom. The lowest BCUT2D eigenvalue weighted by atomic mass is 10.1. The van der Waals surface area contributed by atoms with Crippen molar-refractivity contribution in [2.75, 3.05) is 7.11 Å². The smallest absolute Gasteiger partial charge is 0.185 e. The fourth-order valence-corrected chi connectivity index (χ4v) is 2.02. The van der Waals surface area contributed by atoms with Gasteiger partial charge in [-0.25, -0.2) is 0 Å². The highest BCUT2D eigenvalue weighted by molar-refractivity contribution is 7.08. The van der Waals surface area contributed by atoms with Crippen molar-refractivity contribution in [2.24, 2.45) is 0 Å². The third-order valence-electron chi connectivity index (χ3n) is 2.34. The maximum atomic E-state index is 11.8. The van der Waals surface area contributed by atoms with E-state index in [2.05, 4.69) is 0 Å². The van der Waals surface area contributed by atoms with Crippen LogP contribution in [0.5, 0.6) is 5.75 Å². The Morgan fingerprint density at radius 3 is 2.59 bits per heavy atom. The molecule has 0 aliphatic heterocycles. The molecule has 17 heavy (non-hydrogen) atoms. The van der Waals surface area contributed by atoms with Crippen molar-refractivity contribution in [3.63, 3.8) is 0 Å². The van der Waals surface area contributed by atoms with Crippen LogP contribution >= 0.6 is 11.3 Å². The van der Waals surface area contributed by atoms with Gasteiger partial charge in [-0.1, -0.05) is 6.08 Å². The van der Waals surface area contributed by atoms with E-state index < -0.39 is 0 Å². The maximum Gasteiger partial charge on any atom is 0.185 e. The Morgan fingerprint density at radius 2 is 2.00 bits per heavy atom. The monoisotopic (exact) mass is 244 g/mol. The van der Waals surface area contributed by atoms with Gasteiger partial charge in [0.25, 0.3) is 0 Å². The summed E-state index contributed by atoms with van der Waals surface area (Å²) in [5, 5.41) is 3.98. The summed E-state index contributed by atoms with van der Waals surface area (Å²) >= 11 is 1.61. The summed E-state index contributed by atoms with van der Waals surface area (Å²) in [5.41, 5.74) is 1.72. The van der Waals surface area contributed by atoms with Crippen LogP contribution in [-0.4, -0.2) is 12.9 Å². The highest BCUT2D eigenvalue weighted by Gasteiger charge is 2.01. The molecular formula is C14H12O2S. The number of ketones is 1. The fourth-order valence-electron chi connectivity index (χ4n) is 1.39. The first-order valence-electron chi connectivity index (χ1n) is 5.18. The van der Waals surface area contributed by atoms with Crippen molar-refractivity contribution in [2.45, 2.75) is 0 Å². The van der Waals surface area contributed by atoms with Crippen molar-refractivity contribution in [3.8, 4) is 5.75 Å². The molecule has 86 valence electrons. The standard InChI is InChI=1S/C14H12O2S/c1-16-13-5-3-12(4-6-13)14(15)7-2-11-8-9-17-10-11/h2-10H,1H3. The molecule has 0 aliphatic rings. The third kappa shape index (κ3) is 3.04. The Bertz CT molecular complexity index is 510. The molecule has 0 unspecified atom stereocenters. The summed E-state index contributed by atoms with van der Waals surface area (Å²) in [7, 11) is 1.60. The van der Waals surface area contributed by atoms with Crippen LogP contribution in [-0.2, 0) is 0 Å². The van der Waals surface area contributed by atoms with E-state index in [0.29, 0.717) is 5.56 Å². The summed E-state index contributed by atoms with van der Waals surface area (Å²) in [6, 6.07) is 9.07. The molecule has 3 heteroatoms. The number of rotatable bonds is 4. The first-order chi connectivity index (χ1) is 8.29. The van der Waals surface area contributed by atoms with Crippen molar-refractivity contribution in [3.05, 3.63) is 58.3 Å². The average molecular weight is 244 g/mol. The normalized spacial score (nSPS) is 10.6. The molecule has 0 saturated heterocycles. The number of allylic oxidation sites excluding steroid dienone is 1. The number of carbonyl (C=O) groups excluding carboxylic acids is 1. The van der Waals surface area contributed by atoms with E-state index in [1.807, 2.05) is 22.9 Å². The van der Waals surface area contributed by atoms with Crippen LogP contribution in [0.2, 0.25) is 0 Å². The van der Waals surface area contributed by atoms with E-state index in [0.717, 1.165) is 11.3 Å². The maximum absolute atomic E-state index is 11.8. The Balaban J connectivity index is 2.09. The average Bonchev–Trinajstić information content (AvgIpc) is 2.89. The highest BCUT2D eigenvalue weighted by Crippen LogP contribution is 2.13. The lowest BCUT2D eigenvalue weighted by Crippen LogP contribution is -1.93. The molecule has 2 aromatic rings. The van der Waals surface area contributed by atoms with Crippen LogP contribution in [0.1, 0.15) is 15.9 Å². The van der Waals surface area contributed by atoms with Gasteiger partial charge in [0.2, 0.25) is 0 Å². The number of methoxy groups -OCH3 is 1. The van der Waals surface area contributed by atoms with Crippen molar-refractivity contribution < 1.29 is 9.53 Å². The van der Waals surface area contributed by atoms with E-state index in [1.165, 1.54) is 0 Å². The van der Waals surface area contributed by atoms with Crippen LogP contribution in [0.4, 0.5) is 0 Å². The molecule has 0 radical (unpaired) electrons. The first kappa shape index (κ1) is 11.6. The quantitative estimate of drug-likeness (QED) is 0.606. The number of hydrogen-bond donors (Lipinski definition) is 0. The predicted octanol–water partition coefficient (Wildman–Crippen LogP) is 3.65. The van der Waals surface area contributed by atoms with E-state index in [4.69, 9.17) is 4.74 Å². The molecule has 0 amide bonds. The Kier molecular flexibility index (Phi) is 3.73. The van der Waals surface area contributed by atoms with Gasteiger partial charge in [-0.3, -0.25) is 4.79 Å². The van der Waals surface area contributed by atoms with Gasteiger partial charge in [-0.15, -0.1) is 0 Å². The SMILES string of the molecule is COc1ccc(C(=O)C=Cc2ccsc2)cc1. The van der Waals surface area contributed by atoms with E-state index >= 15 is 0 Å². The number of benzene rings is 1. The van der Waals surface area contributed by atoms with Crippen molar-refractivity contribution >= 4 is 23.2 Å². The molecule has 2 rings (SSSR count). The zero-order valence-corrected chi connectivity index (χ0v) is 10.2. The Labute approximate surface area is 104 Å². The third-order valence-corrected chi connectivity index (χ3v) is 3.05. The van der Waals surface area contributed by atoms with Crippen LogP contribution in [0.3, 0.4) is 0 Å². The van der Waals surface area contributed by atoms with E-state index in [1.54, 1.807) is 48.8 Å². The number of hydrogen-bond acceptors (Lipinski definition) is 3. The van der Waals surface area contributed by atoms with Gasteiger partial charge in [0.15, 0.2) is 5.78 Å². The molecule has 0 saturated carbocycles. The van der Waals surface area contributed by atoms with Gasteiger partial charge in [0, 0.05) is 5.56 Å². The minimum absolute atomic E-state index is 0.00106. The Hall–Kier alpha value is -1.87. The minimum Gasteiger partial charge on any atom is -0.497 e. The number of ether oxygens (including phenoxy) is 1. The number of thiophene rings is 1. The molecule has 0 aliphatic carbocycles. The lowest BCUT2D eigenvalue weighted by molar-refractivity contribution is 0.104. The largest absolute Gasteiger partial charge is 0.497 e. The molecule has 2 nitrogen and oxygen atoms in total. The predicted molar refractivity (Wildman–Crippen MR) is 70.7 cm³/mol. The minimum atomic E-state index is -0.00106. The van der Waals surface area contributed by atoms with Gasteiger partial charge in [0.1, 0.15) is 5.75 Å². The zero-order valence-electron chi connectivity index (χ0n) is 9.42. The molecule has 1 aromatic carbocycles. The highest BCUT2D eigenvalue weighted by atomic mass is 32.1.